The van der Waals surface area contributed by atoms with Gasteiger partial charge in [-0.05, 0) is 17.5 Å². The molecule has 1 aromatic carbocycles. The van der Waals surface area contributed by atoms with Crippen molar-refractivity contribution >= 4 is 16.7 Å². The van der Waals surface area contributed by atoms with Gasteiger partial charge in [0.2, 0.25) is 0 Å². The molecule has 1 aromatic heterocycles. The zero-order valence-corrected chi connectivity index (χ0v) is 9.45. The molecule has 2 rings (SSSR count). The molecule has 2 aromatic rings. The molecule has 0 radical (unpaired) electrons. The van der Waals surface area contributed by atoms with E-state index in [-0.39, 0.29) is 5.63 Å². The molecule has 1 atom stereocenters. The summed E-state index contributed by atoms with van der Waals surface area (Å²) in [6.07, 6.45) is 1.41. The van der Waals surface area contributed by atoms with Gasteiger partial charge >= 0.3 is 11.6 Å². The van der Waals surface area contributed by atoms with E-state index in [0.29, 0.717) is 5.39 Å². The number of aliphatic carboxylic acids is 1. The lowest BCUT2D eigenvalue weighted by Crippen LogP contribution is -2.33. The number of rotatable bonds is 2. The Morgan fingerprint density at radius 3 is 2.50 bits per heavy atom. The Morgan fingerprint density at radius 2 is 2.00 bits per heavy atom. The van der Waals surface area contributed by atoms with Gasteiger partial charge in [0.25, 0.3) is 0 Å². The Hall–Kier alpha value is -2.18. The summed E-state index contributed by atoms with van der Waals surface area (Å²) in [5.74, 6) is -1.18. The first-order chi connectivity index (χ1) is 8.56. The van der Waals surface area contributed by atoms with Crippen LogP contribution in [0.5, 0.6) is 0 Å². The molecule has 4 N–H and O–H groups in total. The number of hydrogen-bond donors (Lipinski definition) is 3. The van der Waals surface area contributed by atoms with E-state index in [0.717, 1.165) is 5.39 Å². The van der Waals surface area contributed by atoms with Crippen LogP contribution in [0, 0.1) is 0 Å². The van der Waals surface area contributed by atoms with Gasteiger partial charge in [0.1, 0.15) is 6.04 Å². The Labute approximate surface area is 102 Å². The Balaban J connectivity index is 0.000000203. The van der Waals surface area contributed by atoms with Gasteiger partial charge in [-0.15, -0.1) is 0 Å². The molecule has 0 amide bonds. The minimum atomic E-state index is -1.18. The van der Waals surface area contributed by atoms with Gasteiger partial charge < -0.3 is 20.4 Å². The first-order valence-electron chi connectivity index (χ1n) is 5.12. The molecule has 0 bridgehead atoms. The third-order valence-electron chi connectivity index (χ3n) is 2.12. The van der Waals surface area contributed by atoms with Crippen molar-refractivity contribution in [2.24, 2.45) is 5.73 Å². The summed E-state index contributed by atoms with van der Waals surface area (Å²) in [5.41, 5.74) is 4.49. The first-order valence-corrected chi connectivity index (χ1v) is 5.12. The fourth-order valence-corrected chi connectivity index (χ4v) is 1.14. The summed E-state index contributed by atoms with van der Waals surface area (Å²) >= 11 is 0. The van der Waals surface area contributed by atoms with Gasteiger partial charge in [-0.3, -0.25) is 4.79 Å². The highest BCUT2D eigenvalue weighted by Gasteiger charge is 2.07. The van der Waals surface area contributed by atoms with Crippen molar-refractivity contribution in [1.29, 1.82) is 0 Å². The highest BCUT2D eigenvalue weighted by molar-refractivity contribution is 5.80. The van der Waals surface area contributed by atoms with Crippen LogP contribution in [0.3, 0.4) is 0 Å². The second-order valence-corrected chi connectivity index (χ2v) is 3.42. The fourth-order valence-electron chi connectivity index (χ4n) is 1.14. The largest absolute Gasteiger partial charge is 0.480 e. The topological polar surface area (TPSA) is 114 Å². The van der Waals surface area contributed by atoms with E-state index < -0.39 is 18.6 Å². The lowest BCUT2D eigenvalue weighted by Gasteiger charge is -1.96. The number of carboxylic acids is 1. The molecule has 0 aliphatic rings. The molecule has 0 aliphatic heterocycles. The fraction of sp³-hybridized carbons (Fsp3) is 0.167. The number of nitrogens with two attached hydrogens (primary N) is 1. The van der Waals surface area contributed by atoms with Crippen molar-refractivity contribution < 1.29 is 19.4 Å². The molecule has 6 heteroatoms. The number of aliphatic hydroxyl groups is 1. The van der Waals surface area contributed by atoms with Crippen LogP contribution in [0.15, 0.2) is 45.8 Å². The first kappa shape index (κ1) is 13.9. The van der Waals surface area contributed by atoms with Crippen LogP contribution in [0.1, 0.15) is 0 Å². The predicted molar refractivity (Wildman–Crippen MR) is 65.2 cm³/mol. The average Bonchev–Trinajstić information content (AvgIpc) is 2.39. The Morgan fingerprint density at radius 1 is 1.33 bits per heavy atom. The van der Waals surface area contributed by atoms with Crippen LogP contribution in [-0.4, -0.2) is 28.8 Å². The van der Waals surface area contributed by atoms with Crippen molar-refractivity contribution in [2.75, 3.05) is 6.61 Å². The van der Waals surface area contributed by atoms with Gasteiger partial charge in [-0.1, -0.05) is 18.2 Å². The van der Waals surface area contributed by atoms with Gasteiger partial charge in [0.05, 0.1) is 18.3 Å². The molecule has 0 saturated carbocycles. The van der Waals surface area contributed by atoms with Gasteiger partial charge in [-0.2, -0.15) is 0 Å². The van der Waals surface area contributed by atoms with E-state index in [2.05, 4.69) is 4.42 Å². The Kier molecular flexibility index (Phi) is 5.04. The minimum absolute atomic E-state index is 0.275. The Bertz CT molecular complexity index is 572. The standard InChI is InChI=1S/C9H6O2.C3H7NO3/c10-9-8-4-2-1-3-7(8)5-6-11-9;4-2(1-5)3(6)7/h1-6H;2,5H,1,4H2,(H,6,7). The van der Waals surface area contributed by atoms with Crippen LogP contribution in [0.25, 0.3) is 10.8 Å². The number of hydrogen-bond acceptors (Lipinski definition) is 5. The minimum Gasteiger partial charge on any atom is -0.480 e. The van der Waals surface area contributed by atoms with Crippen molar-refractivity contribution in [1.82, 2.24) is 0 Å². The molecular formula is C12H13NO5. The number of fused-ring (bicyclic) bond motifs is 1. The maximum absolute atomic E-state index is 11.0. The number of benzene rings is 1. The summed E-state index contributed by atoms with van der Waals surface area (Å²) in [6, 6.07) is 7.99. The van der Waals surface area contributed by atoms with E-state index in [4.69, 9.17) is 15.9 Å². The summed E-state index contributed by atoms with van der Waals surface area (Å²) in [4.78, 5) is 20.7. The van der Waals surface area contributed by atoms with E-state index in [1.807, 2.05) is 18.2 Å². The molecule has 1 unspecified atom stereocenters. The maximum Gasteiger partial charge on any atom is 0.343 e. The van der Waals surface area contributed by atoms with E-state index in [1.54, 1.807) is 12.1 Å². The maximum atomic E-state index is 11.0. The quantitative estimate of drug-likeness (QED) is 0.701. The number of aliphatic hydroxyl groups excluding tert-OH is 1. The lowest BCUT2D eigenvalue weighted by atomic mass is 10.2. The normalized spacial score (nSPS) is 11.4. The van der Waals surface area contributed by atoms with E-state index >= 15 is 0 Å². The highest BCUT2D eigenvalue weighted by atomic mass is 16.4. The third-order valence-corrected chi connectivity index (χ3v) is 2.12. The van der Waals surface area contributed by atoms with Crippen molar-refractivity contribution in [2.45, 2.75) is 6.04 Å². The average molecular weight is 251 g/mol. The van der Waals surface area contributed by atoms with Crippen LogP contribution in [0.2, 0.25) is 0 Å². The van der Waals surface area contributed by atoms with Crippen LogP contribution in [0.4, 0.5) is 0 Å². The zero-order valence-electron chi connectivity index (χ0n) is 9.45. The molecule has 1 heterocycles. The molecular weight excluding hydrogens is 238 g/mol. The lowest BCUT2D eigenvalue weighted by molar-refractivity contribution is -0.139. The van der Waals surface area contributed by atoms with E-state index in [1.165, 1.54) is 6.26 Å². The molecule has 96 valence electrons. The van der Waals surface area contributed by atoms with E-state index in [9.17, 15) is 9.59 Å². The predicted octanol–water partition coefficient (Wildman–Crippen LogP) is 0.184. The monoisotopic (exact) mass is 251 g/mol. The number of carbonyl (C=O) groups is 1. The van der Waals surface area contributed by atoms with Crippen molar-refractivity contribution in [3.05, 3.63) is 47.0 Å². The molecule has 18 heavy (non-hydrogen) atoms. The van der Waals surface area contributed by atoms with Crippen LogP contribution >= 0.6 is 0 Å². The second-order valence-electron chi connectivity index (χ2n) is 3.42. The number of carboxylic acid groups (broad SMARTS) is 1. The highest BCUT2D eigenvalue weighted by Crippen LogP contribution is 2.06. The molecule has 6 nitrogen and oxygen atoms in total. The van der Waals surface area contributed by atoms with Gasteiger partial charge in [-0.25, -0.2) is 4.79 Å². The molecule has 0 spiro atoms. The second kappa shape index (κ2) is 6.53. The van der Waals surface area contributed by atoms with Crippen LogP contribution < -0.4 is 11.4 Å². The SMILES string of the molecule is NC(CO)C(=O)O.O=c1occc2ccccc12. The summed E-state index contributed by atoms with van der Waals surface area (Å²) < 4.78 is 4.68. The third kappa shape index (κ3) is 3.69. The molecule has 0 aliphatic carbocycles. The summed E-state index contributed by atoms with van der Waals surface area (Å²) in [6.45, 7) is -0.505. The molecule has 0 fully saturated rings. The van der Waals surface area contributed by atoms with Gasteiger partial charge in [0.15, 0.2) is 0 Å². The molecule has 0 saturated heterocycles. The van der Waals surface area contributed by atoms with Gasteiger partial charge in [0, 0.05) is 0 Å². The van der Waals surface area contributed by atoms with Crippen LogP contribution in [-0.2, 0) is 4.79 Å². The van der Waals surface area contributed by atoms with Crippen molar-refractivity contribution in [3.8, 4) is 0 Å². The summed E-state index contributed by atoms with van der Waals surface area (Å²) in [5, 5.41) is 17.5. The zero-order chi connectivity index (χ0) is 13.5. The smallest absolute Gasteiger partial charge is 0.343 e. The van der Waals surface area contributed by atoms with Crippen molar-refractivity contribution in [3.63, 3.8) is 0 Å². The summed E-state index contributed by atoms with van der Waals surface area (Å²) in [7, 11) is 0.